The lowest BCUT2D eigenvalue weighted by atomic mass is 10.1. The second kappa shape index (κ2) is 4.28. The molecule has 90 valence electrons. The standard InChI is InChI=1S/C10H11N3O4/c14-10(15)11-7-5-12(6-7)8-1-3-9(4-2-8)13(16)17/h1-4,7,11H,5-6H2,(H,14,15). The lowest BCUT2D eigenvalue weighted by Crippen LogP contribution is -2.59. The van der Waals surface area contributed by atoms with Crippen LogP contribution in [0, 0.1) is 10.1 Å². The molecule has 7 nitrogen and oxygen atoms in total. The van der Waals surface area contributed by atoms with Crippen LogP contribution < -0.4 is 10.2 Å². The van der Waals surface area contributed by atoms with Crippen molar-refractivity contribution in [3.05, 3.63) is 34.4 Å². The van der Waals surface area contributed by atoms with E-state index in [2.05, 4.69) is 5.32 Å². The van der Waals surface area contributed by atoms with Crippen molar-refractivity contribution in [3.8, 4) is 0 Å². The predicted molar refractivity (Wildman–Crippen MR) is 60.3 cm³/mol. The first-order chi connectivity index (χ1) is 8.06. The molecule has 0 saturated carbocycles. The molecule has 7 heteroatoms. The second-order valence-corrected chi connectivity index (χ2v) is 3.82. The van der Waals surface area contributed by atoms with Gasteiger partial charge in [-0.3, -0.25) is 10.1 Å². The summed E-state index contributed by atoms with van der Waals surface area (Å²) in [5.74, 6) is 0. The molecule has 0 radical (unpaired) electrons. The largest absolute Gasteiger partial charge is 0.465 e. The number of nitrogens with one attached hydrogen (secondary N) is 1. The van der Waals surface area contributed by atoms with E-state index < -0.39 is 11.0 Å². The number of anilines is 1. The van der Waals surface area contributed by atoms with Crippen molar-refractivity contribution in [1.29, 1.82) is 0 Å². The van der Waals surface area contributed by atoms with Crippen molar-refractivity contribution in [2.24, 2.45) is 0 Å². The fourth-order valence-electron chi connectivity index (χ4n) is 1.74. The van der Waals surface area contributed by atoms with Gasteiger partial charge >= 0.3 is 6.09 Å². The minimum Gasteiger partial charge on any atom is -0.465 e. The van der Waals surface area contributed by atoms with Gasteiger partial charge in [-0.05, 0) is 12.1 Å². The van der Waals surface area contributed by atoms with Gasteiger partial charge in [0.1, 0.15) is 0 Å². The molecule has 1 aliphatic rings. The van der Waals surface area contributed by atoms with E-state index in [1.807, 2.05) is 4.90 Å². The number of nitro groups is 1. The van der Waals surface area contributed by atoms with Crippen LogP contribution in [0.2, 0.25) is 0 Å². The van der Waals surface area contributed by atoms with Gasteiger partial charge in [-0.15, -0.1) is 0 Å². The minimum atomic E-state index is -1.03. The number of hydrogen-bond donors (Lipinski definition) is 2. The molecule has 0 atom stereocenters. The molecule has 2 N–H and O–H groups in total. The number of rotatable bonds is 3. The highest BCUT2D eigenvalue weighted by Crippen LogP contribution is 2.23. The number of hydrogen-bond acceptors (Lipinski definition) is 4. The Morgan fingerprint density at radius 1 is 1.41 bits per heavy atom. The molecule has 1 aromatic rings. The van der Waals surface area contributed by atoms with Crippen LogP contribution in [0.15, 0.2) is 24.3 Å². The fourth-order valence-corrected chi connectivity index (χ4v) is 1.74. The smallest absolute Gasteiger partial charge is 0.405 e. The average molecular weight is 237 g/mol. The zero-order valence-electron chi connectivity index (χ0n) is 8.87. The molecular formula is C10H11N3O4. The highest BCUT2D eigenvalue weighted by atomic mass is 16.6. The normalized spacial score (nSPS) is 15.2. The van der Waals surface area contributed by atoms with E-state index in [0.717, 1.165) is 5.69 Å². The van der Waals surface area contributed by atoms with E-state index >= 15 is 0 Å². The Morgan fingerprint density at radius 2 is 2.00 bits per heavy atom. The van der Waals surface area contributed by atoms with Crippen molar-refractivity contribution in [1.82, 2.24) is 5.32 Å². The molecule has 0 spiro atoms. The molecule has 17 heavy (non-hydrogen) atoms. The molecule has 1 fully saturated rings. The third-order valence-corrected chi connectivity index (χ3v) is 2.63. The van der Waals surface area contributed by atoms with Gasteiger partial charge in [-0.2, -0.15) is 0 Å². The SMILES string of the molecule is O=C(O)NC1CN(c2ccc([N+](=O)[O-])cc2)C1. The maximum atomic E-state index is 10.5. The first-order valence-corrected chi connectivity index (χ1v) is 5.05. The average Bonchev–Trinajstić information content (AvgIpc) is 2.23. The lowest BCUT2D eigenvalue weighted by Gasteiger charge is -2.40. The van der Waals surface area contributed by atoms with Crippen molar-refractivity contribution in [2.45, 2.75) is 6.04 Å². The van der Waals surface area contributed by atoms with Crippen LogP contribution in [0.25, 0.3) is 0 Å². The molecule has 1 heterocycles. The molecule has 0 unspecified atom stereocenters. The summed E-state index contributed by atoms with van der Waals surface area (Å²) in [7, 11) is 0. The van der Waals surface area contributed by atoms with Crippen molar-refractivity contribution in [2.75, 3.05) is 18.0 Å². The van der Waals surface area contributed by atoms with Gasteiger partial charge < -0.3 is 15.3 Å². The summed E-state index contributed by atoms with van der Waals surface area (Å²) in [5.41, 5.74) is 0.911. The third kappa shape index (κ3) is 2.44. The van der Waals surface area contributed by atoms with Crippen molar-refractivity contribution >= 4 is 17.5 Å². The summed E-state index contributed by atoms with van der Waals surface area (Å²) >= 11 is 0. The molecule has 2 rings (SSSR count). The molecular weight excluding hydrogens is 226 g/mol. The number of amides is 1. The Balaban J connectivity index is 1.93. The monoisotopic (exact) mass is 237 g/mol. The Morgan fingerprint density at radius 3 is 2.47 bits per heavy atom. The summed E-state index contributed by atoms with van der Waals surface area (Å²) < 4.78 is 0. The van der Waals surface area contributed by atoms with Crippen molar-refractivity contribution in [3.63, 3.8) is 0 Å². The highest BCUT2D eigenvalue weighted by molar-refractivity contribution is 5.66. The van der Waals surface area contributed by atoms with Gasteiger partial charge in [0.2, 0.25) is 0 Å². The summed E-state index contributed by atoms with van der Waals surface area (Å²) in [6, 6.07) is 6.13. The number of benzene rings is 1. The topological polar surface area (TPSA) is 95.7 Å². The van der Waals surface area contributed by atoms with Crippen LogP contribution in [-0.2, 0) is 0 Å². The van der Waals surface area contributed by atoms with E-state index in [1.165, 1.54) is 12.1 Å². The van der Waals surface area contributed by atoms with E-state index in [-0.39, 0.29) is 11.7 Å². The number of non-ortho nitro benzene ring substituents is 1. The quantitative estimate of drug-likeness (QED) is 0.605. The molecule has 1 amide bonds. The molecule has 0 aromatic heterocycles. The Hall–Kier alpha value is -2.31. The summed E-state index contributed by atoms with van der Waals surface area (Å²) in [6.45, 7) is 1.17. The Bertz CT molecular complexity index is 439. The van der Waals surface area contributed by atoms with Gasteiger partial charge in [-0.25, -0.2) is 4.79 Å². The van der Waals surface area contributed by atoms with E-state index in [4.69, 9.17) is 5.11 Å². The first-order valence-electron chi connectivity index (χ1n) is 5.05. The van der Waals surface area contributed by atoms with Crippen LogP contribution >= 0.6 is 0 Å². The summed E-state index contributed by atoms with van der Waals surface area (Å²) in [5, 5.41) is 21.3. The fraction of sp³-hybridized carbons (Fsp3) is 0.300. The van der Waals surface area contributed by atoms with Crippen molar-refractivity contribution < 1.29 is 14.8 Å². The molecule has 1 aliphatic heterocycles. The predicted octanol–water partition coefficient (Wildman–Crippen LogP) is 1.05. The minimum absolute atomic E-state index is 0.0504. The number of carbonyl (C=O) groups is 1. The second-order valence-electron chi connectivity index (χ2n) is 3.82. The number of nitrogens with zero attached hydrogens (tertiary/aromatic N) is 2. The van der Waals surface area contributed by atoms with Gasteiger partial charge in [-0.1, -0.05) is 0 Å². The zero-order chi connectivity index (χ0) is 12.4. The van der Waals surface area contributed by atoms with E-state index in [9.17, 15) is 14.9 Å². The molecule has 1 saturated heterocycles. The van der Waals surface area contributed by atoms with Crippen LogP contribution in [0.5, 0.6) is 0 Å². The van der Waals surface area contributed by atoms with Gasteiger partial charge in [0.15, 0.2) is 0 Å². The zero-order valence-corrected chi connectivity index (χ0v) is 8.87. The van der Waals surface area contributed by atoms with E-state index in [0.29, 0.717) is 13.1 Å². The summed E-state index contributed by atoms with van der Waals surface area (Å²) in [6.07, 6.45) is -1.03. The number of nitro benzene ring substituents is 1. The van der Waals surface area contributed by atoms with Gasteiger partial charge in [0.25, 0.3) is 5.69 Å². The van der Waals surface area contributed by atoms with Gasteiger partial charge in [0.05, 0.1) is 11.0 Å². The first kappa shape index (κ1) is 11.2. The Kier molecular flexibility index (Phi) is 2.82. The molecule has 1 aromatic carbocycles. The molecule has 0 bridgehead atoms. The van der Waals surface area contributed by atoms with Gasteiger partial charge in [0, 0.05) is 30.9 Å². The van der Waals surface area contributed by atoms with Crippen LogP contribution in [0.1, 0.15) is 0 Å². The van der Waals surface area contributed by atoms with Crippen LogP contribution in [-0.4, -0.2) is 35.3 Å². The van der Waals surface area contributed by atoms with E-state index in [1.54, 1.807) is 12.1 Å². The number of carboxylic acid groups (broad SMARTS) is 1. The van der Waals surface area contributed by atoms with Crippen LogP contribution in [0.4, 0.5) is 16.2 Å². The summed E-state index contributed by atoms with van der Waals surface area (Å²) in [4.78, 5) is 22.3. The maximum absolute atomic E-state index is 10.5. The Labute approximate surface area is 96.8 Å². The third-order valence-electron chi connectivity index (χ3n) is 2.63. The lowest BCUT2D eigenvalue weighted by molar-refractivity contribution is -0.384. The van der Waals surface area contributed by atoms with Crippen LogP contribution in [0.3, 0.4) is 0 Å². The molecule has 0 aliphatic carbocycles. The maximum Gasteiger partial charge on any atom is 0.405 e. The highest BCUT2D eigenvalue weighted by Gasteiger charge is 2.28.